The van der Waals surface area contributed by atoms with Crippen molar-refractivity contribution in [2.75, 3.05) is 19.8 Å². The molecular formula is C13H18ClNO3S. The van der Waals surface area contributed by atoms with Crippen molar-refractivity contribution in [1.29, 1.82) is 0 Å². The highest BCUT2D eigenvalue weighted by Crippen LogP contribution is 2.25. The van der Waals surface area contributed by atoms with Gasteiger partial charge in [-0.25, -0.2) is 8.42 Å². The second-order valence-electron chi connectivity index (χ2n) is 4.49. The van der Waals surface area contributed by atoms with Gasteiger partial charge >= 0.3 is 0 Å². The van der Waals surface area contributed by atoms with Crippen LogP contribution < -0.4 is 0 Å². The summed E-state index contributed by atoms with van der Waals surface area (Å²) in [6, 6.07) is 6.80. The Balaban J connectivity index is 2.40. The summed E-state index contributed by atoms with van der Waals surface area (Å²) in [5, 5.41) is 0. The van der Waals surface area contributed by atoms with E-state index in [0.29, 0.717) is 30.2 Å². The van der Waals surface area contributed by atoms with Crippen LogP contribution in [-0.4, -0.2) is 38.5 Å². The van der Waals surface area contributed by atoms with E-state index in [4.69, 9.17) is 16.3 Å². The third kappa shape index (κ3) is 2.94. The van der Waals surface area contributed by atoms with E-state index in [0.717, 1.165) is 6.42 Å². The molecule has 0 N–H and O–H groups in total. The molecule has 0 amide bonds. The van der Waals surface area contributed by atoms with E-state index in [1.54, 1.807) is 28.6 Å². The molecular weight excluding hydrogens is 286 g/mol. The van der Waals surface area contributed by atoms with Gasteiger partial charge in [0.05, 0.1) is 18.1 Å². The van der Waals surface area contributed by atoms with Crippen LogP contribution >= 0.6 is 11.6 Å². The van der Waals surface area contributed by atoms with Crippen LogP contribution in [0.2, 0.25) is 0 Å². The number of rotatable bonds is 4. The van der Waals surface area contributed by atoms with Crippen LogP contribution in [0.25, 0.3) is 0 Å². The molecule has 1 heterocycles. The van der Waals surface area contributed by atoms with Crippen molar-refractivity contribution >= 4 is 21.6 Å². The van der Waals surface area contributed by atoms with Crippen molar-refractivity contribution in [3.63, 3.8) is 0 Å². The van der Waals surface area contributed by atoms with Crippen molar-refractivity contribution in [1.82, 2.24) is 4.31 Å². The molecule has 0 aromatic heterocycles. The molecule has 1 aliphatic rings. The molecule has 4 nitrogen and oxygen atoms in total. The first-order valence-electron chi connectivity index (χ1n) is 6.34. The van der Waals surface area contributed by atoms with Crippen molar-refractivity contribution < 1.29 is 13.2 Å². The number of ether oxygens (including phenoxy) is 1. The standard InChI is InChI=1S/C13H18ClNO3S/c1-2-12-10-18-8-7-15(12)19(16,17)13-6-4-3-5-11(13)9-14/h3-6,12H,2,7-10H2,1H3. The lowest BCUT2D eigenvalue weighted by molar-refractivity contribution is 0.0314. The maximum absolute atomic E-state index is 12.7. The Morgan fingerprint density at radius 1 is 1.42 bits per heavy atom. The number of sulfonamides is 1. The van der Waals surface area contributed by atoms with Crippen molar-refractivity contribution in [2.45, 2.75) is 30.2 Å². The molecule has 2 rings (SSSR count). The molecule has 0 aliphatic carbocycles. The van der Waals surface area contributed by atoms with Gasteiger partial charge in [-0.1, -0.05) is 25.1 Å². The smallest absolute Gasteiger partial charge is 0.243 e. The molecule has 106 valence electrons. The van der Waals surface area contributed by atoms with Gasteiger partial charge in [-0.2, -0.15) is 4.31 Å². The van der Waals surface area contributed by atoms with Crippen LogP contribution in [0.1, 0.15) is 18.9 Å². The van der Waals surface area contributed by atoms with Crippen LogP contribution in [0.15, 0.2) is 29.2 Å². The fourth-order valence-corrected chi connectivity index (χ4v) is 4.47. The number of nitrogens with zero attached hydrogens (tertiary/aromatic N) is 1. The van der Waals surface area contributed by atoms with Crippen molar-refractivity contribution in [2.24, 2.45) is 0 Å². The van der Waals surface area contributed by atoms with Crippen LogP contribution in [0.4, 0.5) is 0 Å². The fraction of sp³-hybridized carbons (Fsp3) is 0.538. The van der Waals surface area contributed by atoms with Crippen LogP contribution in [0.3, 0.4) is 0 Å². The van der Waals surface area contributed by atoms with E-state index in [-0.39, 0.29) is 11.9 Å². The molecule has 0 spiro atoms. The van der Waals surface area contributed by atoms with E-state index in [2.05, 4.69) is 0 Å². The molecule has 0 radical (unpaired) electrons. The minimum absolute atomic E-state index is 0.0952. The lowest BCUT2D eigenvalue weighted by Crippen LogP contribution is -2.48. The summed E-state index contributed by atoms with van der Waals surface area (Å²) >= 11 is 5.84. The summed E-state index contributed by atoms with van der Waals surface area (Å²) in [5.41, 5.74) is 0.644. The van der Waals surface area contributed by atoms with Gasteiger partial charge in [-0.15, -0.1) is 11.6 Å². The Morgan fingerprint density at radius 3 is 2.84 bits per heavy atom. The largest absolute Gasteiger partial charge is 0.378 e. The lowest BCUT2D eigenvalue weighted by atomic mass is 10.2. The number of hydrogen-bond donors (Lipinski definition) is 0. The Labute approximate surface area is 119 Å². The SMILES string of the molecule is CCC1COCCN1S(=O)(=O)c1ccccc1CCl. The van der Waals surface area contributed by atoms with Crippen molar-refractivity contribution in [3.8, 4) is 0 Å². The van der Waals surface area contributed by atoms with Gasteiger partial charge in [0.1, 0.15) is 0 Å². The summed E-state index contributed by atoms with van der Waals surface area (Å²) in [6.07, 6.45) is 0.738. The Morgan fingerprint density at radius 2 is 2.16 bits per heavy atom. The average Bonchev–Trinajstić information content (AvgIpc) is 2.47. The van der Waals surface area contributed by atoms with Gasteiger partial charge < -0.3 is 4.74 Å². The third-order valence-corrected chi connectivity index (χ3v) is 5.69. The Kier molecular flexibility index (Phi) is 4.84. The topological polar surface area (TPSA) is 46.6 Å². The Bertz CT molecular complexity index is 532. The normalized spacial score (nSPS) is 21.5. The van der Waals surface area contributed by atoms with Crippen molar-refractivity contribution in [3.05, 3.63) is 29.8 Å². The van der Waals surface area contributed by atoms with Crippen LogP contribution in [-0.2, 0) is 20.6 Å². The summed E-state index contributed by atoms with van der Waals surface area (Å²) < 4.78 is 32.4. The molecule has 1 aromatic carbocycles. The predicted octanol–water partition coefficient (Wildman–Crippen LogP) is 2.22. The zero-order valence-corrected chi connectivity index (χ0v) is 12.5. The van der Waals surface area contributed by atoms with Crippen LogP contribution in [0, 0.1) is 0 Å². The quantitative estimate of drug-likeness (QED) is 0.801. The van der Waals surface area contributed by atoms with E-state index in [1.165, 1.54) is 0 Å². The molecule has 1 saturated heterocycles. The summed E-state index contributed by atoms with van der Waals surface area (Å²) in [4.78, 5) is 0.311. The summed E-state index contributed by atoms with van der Waals surface area (Å²) in [6.45, 7) is 3.27. The maximum Gasteiger partial charge on any atom is 0.243 e. The van der Waals surface area contributed by atoms with E-state index in [9.17, 15) is 8.42 Å². The fourth-order valence-electron chi connectivity index (χ4n) is 2.27. The lowest BCUT2D eigenvalue weighted by Gasteiger charge is -2.34. The molecule has 1 atom stereocenters. The second-order valence-corrected chi connectivity index (χ2v) is 6.62. The third-order valence-electron chi connectivity index (χ3n) is 3.35. The molecule has 0 saturated carbocycles. The Hall–Kier alpha value is -0.620. The van der Waals surface area contributed by atoms with E-state index < -0.39 is 10.0 Å². The number of benzene rings is 1. The number of morpholine rings is 1. The van der Waals surface area contributed by atoms with Gasteiger partial charge in [0.15, 0.2) is 0 Å². The molecule has 1 fully saturated rings. The predicted molar refractivity (Wildman–Crippen MR) is 74.8 cm³/mol. The molecule has 1 unspecified atom stereocenters. The minimum atomic E-state index is -3.50. The van der Waals surface area contributed by atoms with Gasteiger partial charge in [0.2, 0.25) is 10.0 Å². The highest BCUT2D eigenvalue weighted by Gasteiger charge is 2.34. The first kappa shape index (κ1) is 14.8. The molecule has 0 bridgehead atoms. The minimum Gasteiger partial charge on any atom is -0.378 e. The number of halogens is 1. The molecule has 19 heavy (non-hydrogen) atoms. The maximum atomic E-state index is 12.7. The van der Waals surface area contributed by atoms with E-state index >= 15 is 0 Å². The number of alkyl halides is 1. The summed E-state index contributed by atoms with van der Waals surface area (Å²) in [7, 11) is -3.50. The monoisotopic (exact) mass is 303 g/mol. The van der Waals surface area contributed by atoms with E-state index in [1.807, 2.05) is 6.92 Å². The van der Waals surface area contributed by atoms with Gasteiger partial charge in [-0.3, -0.25) is 0 Å². The zero-order valence-electron chi connectivity index (χ0n) is 10.9. The van der Waals surface area contributed by atoms with Gasteiger partial charge in [-0.05, 0) is 18.1 Å². The van der Waals surface area contributed by atoms with Gasteiger partial charge in [0, 0.05) is 18.5 Å². The highest BCUT2D eigenvalue weighted by atomic mass is 35.5. The molecule has 1 aliphatic heterocycles. The average molecular weight is 304 g/mol. The first-order chi connectivity index (χ1) is 9.11. The summed E-state index contributed by atoms with van der Waals surface area (Å²) in [5.74, 6) is 0.191. The van der Waals surface area contributed by atoms with Crippen LogP contribution in [0.5, 0.6) is 0 Å². The van der Waals surface area contributed by atoms with Gasteiger partial charge in [0.25, 0.3) is 0 Å². The first-order valence-corrected chi connectivity index (χ1v) is 8.32. The number of hydrogen-bond acceptors (Lipinski definition) is 3. The second kappa shape index (κ2) is 6.22. The molecule has 1 aromatic rings. The molecule has 6 heteroatoms. The highest BCUT2D eigenvalue weighted by molar-refractivity contribution is 7.89. The zero-order chi connectivity index (χ0) is 13.9.